The van der Waals surface area contributed by atoms with Crippen molar-refractivity contribution >= 4 is 5.91 Å². The van der Waals surface area contributed by atoms with Crippen LogP contribution in [0, 0.1) is 0 Å². The van der Waals surface area contributed by atoms with Crippen molar-refractivity contribution in [2.45, 2.75) is 95.6 Å². The number of ether oxygens (including phenoxy) is 1. The number of unbranched alkanes of at least 4 members (excludes halogenated alkanes) is 1. The first-order valence-corrected chi connectivity index (χ1v) is 11.0. The molecule has 0 aromatic heterocycles. The van der Waals surface area contributed by atoms with Crippen molar-refractivity contribution in [3.63, 3.8) is 0 Å². The number of nitrogens with zero attached hydrogens (tertiary/aromatic N) is 2. The third-order valence-corrected chi connectivity index (χ3v) is 6.44. The normalized spacial score (nSPS) is 24.3. The minimum atomic E-state index is 0.459. The molecule has 0 spiro atoms. The van der Waals surface area contributed by atoms with Crippen LogP contribution >= 0.6 is 0 Å². The zero-order valence-electron chi connectivity index (χ0n) is 16.1. The second kappa shape index (κ2) is 10.5. The first-order chi connectivity index (χ1) is 12.3. The lowest BCUT2D eigenvalue weighted by molar-refractivity contribution is -0.138. The Hall–Kier alpha value is -0.610. The van der Waals surface area contributed by atoms with Crippen molar-refractivity contribution in [2.75, 3.05) is 32.8 Å². The average molecular weight is 351 g/mol. The lowest BCUT2D eigenvalue weighted by atomic mass is 9.88. The molecule has 25 heavy (non-hydrogen) atoms. The number of hydrogen-bond acceptors (Lipinski definition) is 3. The maximum atomic E-state index is 13.1. The molecule has 1 aliphatic heterocycles. The van der Waals surface area contributed by atoms with Gasteiger partial charge in [-0.3, -0.25) is 9.69 Å². The monoisotopic (exact) mass is 350 g/mol. The fraction of sp³-hybridized carbons (Fsp3) is 0.952. The standard InChI is InChI=1S/C21H38N2O2/c24-21(13-7-8-14-22-15-17-25-18-16-22)23(19-9-3-1-4-10-19)20-11-5-2-6-12-20/h19-20H,1-18H2. The van der Waals surface area contributed by atoms with E-state index < -0.39 is 0 Å². The zero-order chi connectivity index (χ0) is 17.3. The molecular weight excluding hydrogens is 312 g/mol. The van der Waals surface area contributed by atoms with Crippen LogP contribution in [0.5, 0.6) is 0 Å². The van der Waals surface area contributed by atoms with Crippen molar-refractivity contribution in [2.24, 2.45) is 0 Å². The number of morpholine rings is 1. The number of amides is 1. The topological polar surface area (TPSA) is 32.8 Å². The maximum absolute atomic E-state index is 13.1. The molecule has 1 heterocycles. The summed E-state index contributed by atoms with van der Waals surface area (Å²) in [5.74, 6) is 0.459. The second-order valence-corrected chi connectivity index (χ2v) is 8.30. The molecule has 4 nitrogen and oxygen atoms in total. The number of carbonyl (C=O) groups excluding carboxylic acids is 1. The van der Waals surface area contributed by atoms with E-state index in [0.29, 0.717) is 18.0 Å². The SMILES string of the molecule is O=C(CCCCN1CCOCC1)N(C1CCCCC1)C1CCCCC1. The fourth-order valence-corrected chi connectivity index (χ4v) is 4.99. The molecule has 0 N–H and O–H groups in total. The smallest absolute Gasteiger partial charge is 0.223 e. The molecule has 3 fully saturated rings. The van der Waals surface area contributed by atoms with Gasteiger partial charge in [0.25, 0.3) is 0 Å². The Balaban J connectivity index is 1.45. The Kier molecular flexibility index (Phi) is 8.06. The van der Waals surface area contributed by atoms with E-state index in [0.717, 1.165) is 52.1 Å². The molecule has 0 aromatic carbocycles. The van der Waals surface area contributed by atoms with Crippen molar-refractivity contribution in [3.05, 3.63) is 0 Å². The first-order valence-electron chi connectivity index (χ1n) is 11.0. The van der Waals surface area contributed by atoms with Crippen LogP contribution in [-0.2, 0) is 9.53 Å². The van der Waals surface area contributed by atoms with Gasteiger partial charge >= 0.3 is 0 Å². The highest BCUT2D eigenvalue weighted by Gasteiger charge is 2.31. The van der Waals surface area contributed by atoms with Gasteiger partial charge < -0.3 is 9.64 Å². The molecule has 1 amide bonds. The Morgan fingerprint density at radius 3 is 1.96 bits per heavy atom. The van der Waals surface area contributed by atoms with Gasteiger partial charge in [0.1, 0.15) is 0 Å². The van der Waals surface area contributed by atoms with Crippen molar-refractivity contribution in [3.8, 4) is 0 Å². The highest BCUT2D eigenvalue weighted by Crippen LogP contribution is 2.31. The van der Waals surface area contributed by atoms with Gasteiger partial charge in [0.15, 0.2) is 0 Å². The molecule has 2 saturated carbocycles. The molecule has 0 unspecified atom stereocenters. The van der Waals surface area contributed by atoms with E-state index in [9.17, 15) is 4.79 Å². The minimum absolute atomic E-state index is 0.459. The highest BCUT2D eigenvalue weighted by atomic mass is 16.5. The number of rotatable bonds is 7. The highest BCUT2D eigenvalue weighted by molar-refractivity contribution is 5.77. The summed E-state index contributed by atoms with van der Waals surface area (Å²) in [4.78, 5) is 17.9. The van der Waals surface area contributed by atoms with Crippen LogP contribution < -0.4 is 0 Å². The van der Waals surface area contributed by atoms with E-state index in [-0.39, 0.29) is 0 Å². The molecule has 3 rings (SSSR count). The lowest BCUT2D eigenvalue weighted by Crippen LogP contribution is -2.48. The van der Waals surface area contributed by atoms with Crippen LogP contribution in [0.4, 0.5) is 0 Å². The van der Waals surface area contributed by atoms with Crippen LogP contribution in [0.3, 0.4) is 0 Å². The van der Waals surface area contributed by atoms with Gasteiger partial charge in [0.05, 0.1) is 13.2 Å². The second-order valence-electron chi connectivity index (χ2n) is 8.30. The van der Waals surface area contributed by atoms with E-state index in [4.69, 9.17) is 4.74 Å². The molecule has 0 bridgehead atoms. The molecule has 0 radical (unpaired) electrons. The molecule has 4 heteroatoms. The molecule has 0 atom stereocenters. The molecule has 2 aliphatic carbocycles. The summed E-state index contributed by atoms with van der Waals surface area (Å²) in [5, 5.41) is 0. The third-order valence-electron chi connectivity index (χ3n) is 6.44. The summed E-state index contributed by atoms with van der Waals surface area (Å²) in [6.45, 7) is 4.99. The third kappa shape index (κ3) is 5.96. The van der Waals surface area contributed by atoms with Crippen molar-refractivity contribution in [1.82, 2.24) is 9.80 Å². The van der Waals surface area contributed by atoms with Crippen molar-refractivity contribution in [1.29, 1.82) is 0 Å². The summed E-state index contributed by atoms with van der Waals surface area (Å²) in [6, 6.07) is 1.09. The summed E-state index contributed by atoms with van der Waals surface area (Å²) >= 11 is 0. The zero-order valence-corrected chi connectivity index (χ0v) is 16.1. The average Bonchev–Trinajstić information content (AvgIpc) is 2.68. The van der Waals surface area contributed by atoms with E-state index in [1.54, 1.807) is 0 Å². The first kappa shape index (κ1) is 19.2. The summed E-state index contributed by atoms with van der Waals surface area (Å²) in [5.41, 5.74) is 0. The Morgan fingerprint density at radius 2 is 1.40 bits per heavy atom. The Morgan fingerprint density at radius 1 is 0.840 bits per heavy atom. The maximum Gasteiger partial charge on any atom is 0.223 e. The summed E-state index contributed by atoms with van der Waals surface area (Å²) in [7, 11) is 0. The van der Waals surface area contributed by atoms with Crippen LogP contribution in [0.25, 0.3) is 0 Å². The number of hydrogen-bond donors (Lipinski definition) is 0. The van der Waals surface area contributed by atoms with Gasteiger partial charge in [-0.2, -0.15) is 0 Å². The van der Waals surface area contributed by atoms with Gasteiger partial charge in [-0.1, -0.05) is 38.5 Å². The van der Waals surface area contributed by atoms with Gasteiger partial charge in [0, 0.05) is 31.6 Å². The molecule has 3 aliphatic rings. The van der Waals surface area contributed by atoms with Gasteiger partial charge in [-0.15, -0.1) is 0 Å². The van der Waals surface area contributed by atoms with Gasteiger partial charge in [-0.05, 0) is 45.1 Å². The Bertz CT molecular complexity index is 365. The van der Waals surface area contributed by atoms with Crippen LogP contribution in [0.15, 0.2) is 0 Å². The summed E-state index contributed by atoms with van der Waals surface area (Å²) < 4.78 is 5.41. The molecule has 0 aromatic rings. The quantitative estimate of drug-likeness (QED) is 0.651. The fourth-order valence-electron chi connectivity index (χ4n) is 4.99. The lowest BCUT2D eigenvalue weighted by Gasteiger charge is -2.42. The summed E-state index contributed by atoms with van der Waals surface area (Å²) in [6.07, 6.45) is 15.9. The predicted octanol–water partition coefficient (Wildman–Crippen LogP) is 3.98. The molecule has 144 valence electrons. The van der Waals surface area contributed by atoms with E-state index in [2.05, 4.69) is 9.80 Å². The Labute approximate surface area is 154 Å². The van der Waals surface area contributed by atoms with Crippen LogP contribution in [-0.4, -0.2) is 60.6 Å². The minimum Gasteiger partial charge on any atom is -0.379 e. The van der Waals surface area contributed by atoms with Gasteiger partial charge in [0.2, 0.25) is 5.91 Å². The largest absolute Gasteiger partial charge is 0.379 e. The van der Waals surface area contributed by atoms with Crippen molar-refractivity contribution < 1.29 is 9.53 Å². The van der Waals surface area contributed by atoms with Crippen LogP contribution in [0.1, 0.15) is 83.5 Å². The molecule has 1 saturated heterocycles. The number of carbonyl (C=O) groups is 1. The van der Waals surface area contributed by atoms with Crippen LogP contribution in [0.2, 0.25) is 0 Å². The van der Waals surface area contributed by atoms with E-state index in [1.807, 2.05) is 0 Å². The van der Waals surface area contributed by atoms with Gasteiger partial charge in [-0.25, -0.2) is 0 Å². The van der Waals surface area contributed by atoms with E-state index >= 15 is 0 Å². The predicted molar refractivity (Wildman–Crippen MR) is 102 cm³/mol. The van der Waals surface area contributed by atoms with E-state index in [1.165, 1.54) is 64.2 Å². The molecular formula is C21H38N2O2.